The molecular weight excluding hydrogens is 320 g/mol. The zero-order chi connectivity index (χ0) is 17.8. The van der Waals surface area contributed by atoms with Gasteiger partial charge in [-0.3, -0.25) is 4.79 Å². The number of ether oxygens (including phenoxy) is 1. The van der Waals surface area contributed by atoms with Crippen LogP contribution in [0.2, 0.25) is 0 Å². The summed E-state index contributed by atoms with van der Waals surface area (Å²) in [5.41, 5.74) is 2.17. The molecule has 7 heteroatoms. The SMILES string of the molecule is Cc1cc(C)n(-c2ccc(C(=O)OCC(=O)NC3CCCC3)cn2)n1. The van der Waals surface area contributed by atoms with Crippen molar-refractivity contribution in [3.05, 3.63) is 41.3 Å². The largest absolute Gasteiger partial charge is 0.452 e. The molecule has 2 heterocycles. The summed E-state index contributed by atoms with van der Waals surface area (Å²) in [4.78, 5) is 28.1. The van der Waals surface area contributed by atoms with Crippen LogP contribution in [0.3, 0.4) is 0 Å². The highest BCUT2D eigenvalue weighted by molar-refractivity contribution is 5.91. The van der Waals surface area contributed by atoms with E-state index in [-0.39, 0.29) is 18.6 Å². The second-order valence-corrected chi connectivity index (χ2v) is 6.37. The Hall–Kier alpha value is -2.70. The van der Waals surface area contributed by atoms with Gasteiger partial charge in [0.2, 0.25) is 0 Å². The van der Waals surface area contributed by atoms with Gasteiger partial charge in [-0.25, -0.2) is 14.5 Å². The molecule has 0 radical (unpaired) electrons. The fourth-order valence-electron chi connectivity index (χ4n) is 3.05. The standard InChI is InChI=1S/C18H22N4O3/c1-12-9-13(2)22(21-12)16-8-7-14(10-19-16)18(24)25-11-17(23)20-15-5-3-4-6-15/h7-10,15H,3-6,11H2,1-2H3,(H,20,23). The van der Waals surface area contributed by atoms with E-state index in [9.17, 15) is 9.59 Å². The van der Waals surface area contributed by atoms with Crippen molar-refractivity contribution in [1.29, 1.82) is 0 Å². The molecule has 7 nitrogen and oxygen atoms in total. The zero-order valence-corrected chi connectivity index (χ0v) is 14.5. The Balaban J connectivity index is 1.55. The van der Waals surface area contributed by atoms with Crippen molar-refractivity contribution in [1.82, 2.24) is 20.1 Å². The van der Waals surface area contributed by atoms with Crippen LogP contribution in [0, 0.1) is 13.8 Å². The van der Waals surface area contributed by atoms with E-state index in [0.717, 1.165) is 37.1 Å². The van der Waals surface area contributed by atoms with E-state index >= 15 is 0 Å². The van der Waals surface area contributed by atoms with E-state index in [0.29, 0.717) is 11.4 Å². The Labute approximate surface area is 146 Å². The molecule has 2 aromatic rings. The van der Waals surface area contributed by atoms with Crippen molar-refractivity contribution in [3.8, 4) is 5.82 Å². The highest BCUT2D eigenvalue weighted by Crippen LogP contribution is 2.17. The van der Waals surface area contributed by atoms with Gasteiger partial charge in [-0.05, 0) is 44.9 Å². The topological polar surface area (TPSA) is 86.1 Å². The number of hydrogen-bond donors (Lipinski definition) is 1. The fraction of sp³-hybridized carbons (Fsp3) is 0.444. The molecule has 0 aromatic carbocycles. The predicted molar refractivity (Wildman–Crippen MR) is 91.5 cm³/mol. The van der Waals surface area contributed by atoms with Crippen LogP contribution in [-0.4, -0.2) is 39.3 Å². The monoisotopic (exact) mass is 342 g/mol. The van der Waals surface area contributed by atoms with Gasteiger partial charge in [0.1, 0.15) is 0 Å². The van der Waals surface area contributed by atoms with Gasteiger partial charge >= 0.3 is 5.97 Å². The number of nitrogens with zero attached hydrogens (tertiary/aromatic N) is 3. The Morgan fingerprint density at radius 2 is 2.04 bits per heavy atom. The number of aryl methyl sites for hydroxylation is 2. The second-order valence-electron chi connectivity index (χ2n) is 6.37. The van der Waals surface area contributed by atoms with Crippen LogP contribution in [0.15, 0.2) is 24.4 Å². The van der Waals surface area contributed by atoms with Crippen LogP contribution in [-0.2, 0) is 9.53 Å². The summed E-state index contributed by atoms with van der Waals surface area (Å²) in [5.74, 6) is -0.192. The predicted octanol–water partition coefficient (Wildman–Crippen LogP) is 2.10. The van der Waals surface area contributed by atoms with E-state index < -0.39 is 5.97 Å². The lowest BCUT2D eigenvalue weighted by atomic mass is 10.2. The maximum Gasteiger partial charge on any atom is 0.340 e. The molecule has 1 N–H and O–H groups in total. The van der Waals surface area contributed by atoms with E-state index in [1.54, 1.807) is 16.8 Å². The lowest BCUT2D eigenvalue weighted by molar-refractivity contribution is -0.124. The van der Waals surface area contributed by atoms with Crippen molar-refractivity contribution in [3.63, 3.8) is 0 Å². The number of rotatable bonds is 5. The summed E-state index contributed by atoms with van der Waals surface area (Å²) in [5, 5.41) is 7.23. The molecular formula is C18H22N4O3. The quantitative estimate of drug-likeness (QED) is 0.841. The summed E-state index contributed by atoms with van der Waals surface area (Å²) >= 11 is 0. The molecule has 0 saturated heterocycles. The Morgan fingerprint density at radius 1 is 1.28 bits per heavy atom. The number of esters is 1. The Bertz CT molecular complexity index is 761. The molecule has 0 unspecified atom stereocenters. The van der Waals surface area contributed by atoms with Crippen LogP contribution in [0.1, 0.15) is 47.4 Å². The molecule has 132 valence electrons. The van der Waals surface area contributed by atoms with Crippen LogP contribution < -0.4 is 5.32 Å². The number of hydrogen-bond acceptors (Lipinski definition) is 5. The first-order valence-electron chi connectivity index (χ1n) is 8.49. The first kappa shape index (κ1) is 17.1. The molecule has 0 aliphatic heterocycles. The van der Waals surface area contributed by atoms with Crippen LogP contribution in [0.25, 0.3) is 5.82 Å². The van der Waals surface area contributed by atoms with E-state index in [4.69, 9.17) is 4.74 Å². The van der Waals surface area contributed by atoms with Crippen LogP contribution in [0.5, 0.6) is 0 Å². The van der Waals surface area contributed by atoms with Crippen molar-refractivity contribution in [2.75, 3.05) is 6.61 Å². The number of amides is 1. The summed E-state index contributed by atoms with van der Waals surface area (Å²) < 4.78 is 6.77. The molecule has 2 aromatic heterocycles. The number of nitrogens with one attached hydrogen (secondary N) is 1. The molecule has 25 heavy (non-hydrogen) atoms. The van der Waals surface area contributed by atoms with Gasteiger partial charge in [-0.2, -0.15) is 5.10 Å². The minimum absolute atomic E-state index is 0.216. The maximum absolute atomic E-state index is 12.0. The summed E-state index contributed by atoms with van der Waals surface area (Å²) in [6.07, 6.45) is 5.70. The number of pyridine rings is 1. The van der Waals surface area contributed by atoms with Gasteiger partial charge < -0.3 is 10.1 Å². The number of carbonyl (C=O) groups excluding carboxylic acids is 2. The highest BCUT2D eigenvalue weighted by Gasteiger charge is 2.18. The smallest absolute Gasteiger partial charge is 0.340 e. The minimum atomic E-state index is -0.561. The third-order valence-electron chi connectivity index (χ3n) is 4.26. The van der Waals surface area contributed by atoms with Gasteiger partial charge in [0.25, 0.3) is 5.91 Å². The molecule has 1 aliphatic rings. The van der Waals surface area contributed by atoms with Gasteiger partial charge in [-0.15, -0.1) is 0 Å². The van der Waals surface area contributed by atoms with Gasteiger partial charge in [-0.1, -0.05) is 12.8 Å². The molecule has 1 aliphatic carbocycles. The maximum atomic E-state index is 12.0. The lowest BCUT2D eigenvalue weighted by Crippen LogP contribution is -2.35. The molecule has 1 saturated carbocycles. The molecule has 1 amide bonds. The molecule has 0 spiro atoms. The molecule has 3 rings (SSSR count). The average Bonchev–Trinajstić information content (AvgIpc) is 3.22. The van der Waals surface area contributed by atoms with Crippen LogP contribution >= 0.6 is 0 Å². The van der Waals surface area contributed by atoms with E-state index in [1.165, 1.54) is 6.20 Å². The summed E-state index contributed by atoms with van der Waals surface area (Å²) in [6.45, 7) is 3.58. The van der Waals surface area contributed by atoms with E-state index in [1.807, 2.05) is 19.9 Å². The normalized spacial score (nSPS) is 14.5. The first-order chi connectivity index (χ1) is 12.0. The summed E-state index contributed by atoms with van der Waals surface area (Å²) in [6, 6.07) is 5.49. The van der Waals surface area contributed by atoms with Gasteiger partial charge in [0.05, 0.1) is 11.3 Å². The lowest BCUT2D eigenvalue weighted by Gasteiger charge is -2.12. The van der Waals surface area contributed by atoms with Crippen molar-refractivity contribution < 1.29 is 14.3 Å². The Morgan fingerprint density at radius 3 is 2.64 bits per heavy atom. The van der Waals surface area contributed by atoms with Crippen molar-refractivity contribution >= 4 is 11.9 Å². The highest BCUT2D eigenvalue weighted by atomic mass is 16.5. The Kier molecular flexibility index (Phi) is 5.11. The summed E-state index contributed by atoms with van der Waals surface area (Å²) in [7, 11) is 0. The van der Waals surface area contributed by atoms with E-state index in [2.05, 4.69) is 15.4 Å². The third-order valence-corrected chi connectivity index (χ3v) is 4.26. The molecule has 0 atom stereocenters. The van der Waals surface area contributed by atoms with Crippen molar-refractivity contribution in [2.24, 2.45) is 0 Å². The van der Waals surface area contributed by atoms with Crippen molar-refractivity contribution in [2.45, 2.75) is 45.6 Å². The van der Waals surface area contributed by atoms with Gasteiger partial charge in [0, 0.05) is 17.9 Å². The van der Waals surface area contributed by atoms with Gasteiger partial charge in [0.15, 0.2) is 12.4 Å². The number of aromatic nitrogens is 3. The van der Waals surface area contributed by atoms with Crippen LogP contribution in [0.4, 0.5) is 0 Å². The fourth-order valence-corrected chi connectivity index (χ4v) is 3.05. The average molecular weight is 342 g/mol. The second kappa shape index (κ2) is 7.46. The first-order valence-corrected chi connectivity index (χ1v) is 8.49. The molecule has 1 fully saturated rings. The third kappa shape index (κ3) is 4.23. The molecule has 0 bridgehead atoms. The zero-order valence-electron chi connectivity index (χ0n) is 14.5. The minimum Gasteiger partial charge on any atom is -0.452 e. The number of carbonyl (C=O) groups is 2.